The molecule has 0 unspecified atom stereocenters. The van der Waals surface area contributed by atoms with Crippen LogP contribution in [0.15, 0.2) is 24.3 Å². The normalized spacial score (nSPS) is 11.5. The maximum atomic E-state index is 11.8. The first-order valence-electron chi connectivity index (χ1n) is 6.95. The summed E-state index contributed by atoms with van der Waals surface area (Å²) in [5.41, 5.74) is 0.639. The van der Waals surface area contributed by atoms with Gasteiger partial charge in [0.25, 0.3) is 0 Å². The van der Waals surface area contributed by atoms with Gasteiger partial charge in [-0.15, -0.1) is 0 Å². The Bertz CT molecular complexity index is 531. The Morgan fingerprint density at radius 1 is 1.18 bits per heavy atom. The van der Waals surface area contributed by atoms with Gasteiger partial charge in [0, 0.05) is 11.4 Å². The molecule has 0 fully saturated rings. The maximum Gasteiger partial charge on any atom is 0.305 e. The fourth-order valence-electron chi connectivity index (χ4n) is 1.86. The van der Waals surface area contributed by atoms with Crippen LogP contribution in [-0.4, -0.2) is 29.4 Å². The molecule has 1 aromatic rings. The van der Waals surface area contributed by atoms with E-state index in [1.54, 1.807) is 24.3 Å². The van der Waals surface area contributed by atoms with Gasteiger partial charge in [-0.25, -0.2) is 0 Å². The van der Waals surface area contributed by atoms with Crippen molar-refractivity contribution in [1.29, 1.82) is 0 Å². The maximum absolute atomic E-state index is 11.8. The van der Waals surface area contributed by atoms with Crippen molar-refractivity contribution in [3.8, 4) is 0 Å². The number of hydrogen-bond donors (Lipinski definition) is 3. The van der Waals surface area contributed by atoms with Gasteiger partial charge in [0.15, 0.2) is 0 Å². The molecule has 0 aliphatic heterocycles. The Kier molecular flexibility index (Phi) is 7.39. The number of carboxylic acid groups (broad SMARTS) is 1. The molecule has 0 heterocycles. The highest BCUT2D eigenvalue weighted by atomic mass is 35.5. The van der Waals surface area contributed by atoms with Crippen LogP contribution in [0.2, 0.25) is 5.02 Å². The largest absolute Gasteiger partial charge is 0.481 e. The molecule has 7 heteroatoms. The summed E-state index contributed by atoms with van der Waals surface area (Å²) in [6.07, 6.45) is 0.791. The Hall–Kier alpha value is -2.08. The number of hydrogen-bond acceptors (Lipinski definition) is 3. The molecule has 0 bridgehead atoms. The molecule has 0 saturated carbocycles. The number of rotatable bonds is 8. The van der Waals surface area contributed by atoms with Crippen LogP contribution in [0.1, 0.15) is 37.8 Å². The Morgan fingerprint density at radius 2 is 1.82 bits per heavy atom. The van der Waals surface area contributed by atoms with Crippen LogP contribution in [0.3, 0.4) is 0 Å². The molecule has 0 radical (unpaired) electrons. The zero-order chi connectivity index (χ0) is 16.5. The van der Waals surface area contributed by atoms with Crippen LogP contribution in [0.25, 0.3) is 0 Å². The molecule has 22 heavy (non-hydrogen) atoms. The van der Waals surface area contributed by atoms with Crippen molar-refractivity contribution in [2.75, 3.05) is 6.54 Å². The third-order valence-corrected chi connectivity index (χ3v) is 3.16. The third kappa shape index (κ3) is 6.58. The number of amides is 2. The average Bonchev–Trinajstić information content (AvgIpc) is 2.45. The van der Waals surface area contributed by atoms with E-state index < -0.39 is 17.9 Å². The predicted molar refractivity (Wildman–Crippen MR) is 82.5 cm³/mol. The van der Waals surface area contributed by atoms with E-state index in [1.165, 1.54) is 0 Å². The van der Waals surface area contributed by atoms with Gasteiger partial charge in [0.05, 0.1) is 19.0 Å². The summed E-state index contributed by atoms with van der Waals surface area (Å²) in [6, 6.07) is 5.89. The van der Waals surface area contributed by atoms with Gasteiger partial charge in [0.1, 0.15) is 0 Å². The lowest BCUT2D eigenvalue weighted by Gasteiger charge is -2.17. The molecule has 1 aromatic carbocycles. The quantitative estimate of drug-likeness (QED) is 0.679. The van der Waals surface area contributed by atoms with Gasteiger partial charge in [-0.05, 0) is 24.1 Å². The van der Waals surface area contributed by atoms with E-state index >= 15 is 0 Å². The second-order valence-electron chi connectivity index (χ2n) is 4.80. The summed E-state index contributed by atoms with van der Waals surface area (Å²) in [7, 11) is 0. The van der Waals surface area contributed by atoms with Crippen LogP contribution in [-0.2, 0) is 14.4 Å². The predicted octanol–water partition coefficient (Wildman–Crippen LogP) is 1.89. The number of aliphatic carboxylic acids is 1. The van der Waals surface area contributed by atoms with E-state index in [4.69, 9.17) is 16.7 Å². The average molecular weight is 327 g/mol. The number of halogens is 1. The second kappa shape index (κ2) is 9.04. The summed E-state index contributed by atoms with van der Waals surface area (Å²) >= 11 is 5.79. The van der Waals surface area contributed by atoms with Crippen molar-refractivity contribution in [2.24, 2.45) is 0 Å². The van der Waals surface area contributed by atoms with Gasteiger partial charge in [-0.3, -0.25) is 14.4 Å². The van der Waals surface area contributed by atoms with Gasteiger partial charge in [-0.2, -0.15) is 0 Å². The molecule has 0 aliphatic carbocycles. The van der Waals surface area contributed by atoms with Gasteiger partial charge >= 0.3 is 5.97 Å². The van der Waals surface area contributed by atoms with Crippen molar-refractivity contribution < 1.29 is 19.5 Å². The second-order valence-corrected chi connectivity index (χ2v) is 5.23. The van der Waals surface area contributed by atoms with E-state index in [2.05, 4.69) is 10.6 Å². The first-order chi connectivity index (χ1) is 10.4. The monoisotopic (exact) mass is 326 g/mol. The highest BCUT2D eigenvalue weighted by molar-refractivity contribution is 6.30. The van der Waals surface area contributed by atoms with E-state index in [-0.39, 0.29) is 18.9 Å². The molecule has 3 N–H and O–H groups in total. The summed E-state index contributed by atoms with van der Waals surface area (Å²) < 4.78 is 0. The van der Waals surface area contributed by atoms with Gasteiger partial charge < -0.3 is 15.7 Å². The van der Waals surface area contributed by atoms with Crippen LogP contribution in [0.4, 0.5) is 0 Å². The molecule has 0 aliphatic rings. The molecule has 2 amide bonds. The van der Waals surface area contributed by atoms with Crippen LogP contribution < -0.4 is 10.6 Å². The minimum absolute atomic E-state index is 0.178. The standard InChI is InChI=1S/C15H19ClN2O4/c1-2-3-13(19)17-9-14(20)18-12(8-15(21)22)10-4-6-11(16)7-5-10/h4-7,12H,2-3,8-9H2,1H3,(H,17,19)(H,18,20)(H,21,22)/t12-/m0/s1. The highest BCUT2D eigenvalue weighted by Gasteiger charge is 2.18. The van der Waals surface area contributed by atoms with E-state index in [0.717, 1.165) is 0 Å². The van der Waals surface area contributed by atoms with E-state index in [1.807, 2.05) is 6.92 Å². The molecule has 0 spiro atoms. The van der Waals surface area contributed by atoms with Crippen molar-refractivity contribution in [1.82, 2.24) is 10.6 Å². The van der Waals surface area contributed by atoms with E-state index in [0.29, 0.717) is 23.4 Å². The summed E-state index contributed by atoms with van der Waals surface area (Å²) in [4.78, 5) is 34.1. The molecular formula is C15H19ClN2O4. The first kappa shape index (κ1) is 18.0. The zero-order valence-corrected chi connectivity index (χ0v) is 13.0. The number of carbonyl (C=O) groups is 3. The fourth-order valence-corrected chi connectivity index (χ4v) is 1.99. The van der Waals surface area contributed by atoms with Crippen molar-refractivity contribution in [3.63, 3.8) is 0 Å². The Morgan fingerprint density at radius 3 is 2.36 bits per heavy atom. The van der Waals surface area contributed by atoms with Crippen molar-refractivity contribution in [3.05, 3.63) is 34.9 Å². The first-order valence-corrected chi connectivity index (χ1v) is 7.33. The smallest absolute Gasteiger partial charge is 0.305 e. The Labute approximate surface area is 133 Å². The SMILES string of the molecule is CCCC(=O)NCC(=O)N[C@@H](CC(=O)O)c1ccc(Cl)cc1. The van der Waals surface area contributed by atoms with Crippen LogP contribution in [0.5, 0.6) is 0 Å². The lowest BCUT2D eigenvalue weighted by atomic mass is 10.0. The minimum atomic E-state index is -1.03. The topological polar surface area (TPSA) is 95.5 Å². The highest BCUT2D eigenvalue weighted by Crippen LogP contribution is 2.19. The molecule has 1 rings (SSSR count). The Balaban J connectivity index is 2.65. The summed E-state index contributed by atoms with van der Waals surface area (Å²) in [5, 5.41) is 14.6. The van der Waals surface area contributed by atoms with E-state index in [9.17, 15) is 14.4 Å². The van der Waals surface area contributed by atoms with Crippen molar-refractivity contribution in [2.45, 2.75) is 32.2 Å². The summed E-state index contributed by atoms with van der Waals surface area (Å²) in [5.74, 6) is -1.68. The molecule has 1 atom stereocenters. The van der Waals surface area contributed by atoms with Crippen molar-refractivity contribution >= 4 is 29.4 Å². The number of nitrogens with one attached hydrogen (secondary N) is 2. The van der Waals surface area contributed by atoms with Gasteiger partial charge in [-0.1, -0.05) is 30.7 Å². The van der Waals surface area contributed by atoms with Gasteiger partial charge in [0.2, 0.25) is 11.8 Å². The fraction of sp³-hybridized carbons (Fsp3) is 0.400. The lowest BCUT2D eigenvalue weighted by Crippen LogP contribution is -2.39. The number of carbonyl (C=O) groups excluding carboxylic acids is 2. The van der Waals surface area contributed by atoms with Crippen LogP contribution in [0, 0.1) is 0 Å². The number of carboxylic acids is 1. The molecule has 0 saturated heterocycles. The molecular weight excluding hydrogens is 308 g/mol. The lowest BCUT2D eigenvalue weighted by molar-refractivity contribution is -0.138. The number of benzene rings is 1. The zero-order valence-electron chi connectivity index (χ0n) is 12.3. The third-order valence-electron chi connectivity index (χ3n) is 2.91. The molecule has 120 valence electrons. The molecule has 6 nitrogen and oxygen atoms in total. The molecule has 0 aromatic heterocycles. The van der Waals surface area contributed by atoms with Crippen LogP contribution >= 0.6 is 11.6 Å². The summed E-state index contributed by atoms with van der Waals surface area (Å²) in [6.45, 7) is 1.69. The minimum Gasteiger partial charge on any atom is -0.481 e.